The molecule has 1 aliphatic carbocycles. The number of hydrogen-bond acceptors (Lipinski definition) is 2. The molecule has 0 radical (unpaired) electrons. The van der Waals surface area contributed by atoms with Gasteiger partial charge in [-0.3, -0.25) is 4.98 Å². The number of nitrogens with zero attached hydrogens (tertiary/aromatic N) is 1. The average Bonchev–Trinajstić information content (AvgIpc) is 2.38. The van der Waals surface area contributed by atoms with E-state index in [-0.39, 0.29) is 0 Å². The molecule has 1 aromatic rings. The van der Waals surface area contributed by atoms with Crippen molar-refractivity contribution in [2.75, 3.05) is 7.05 Å². The SMILES string of the molecule is CNC1CCCCC1CCc1ccncc1. The fourth-order valence-corrected chi connectivity index (χ4v) is 2.83. The van der Waals surface area contributed by atoms with Crippen molar-refractivity contribution in [1.82, 2.24) is 10.3 Å². The van der Waals surface area contributed by atoms with Crippen LogP contribution in [0.4, 0.5) is 0 Å². The standard InChI is InChI=1S/C14H22N2/c1-15-14-5-3-2-4-13(14)7-6-12-8-10-16-11-9-12/h8-11,13-15H,2-7H2,1H3. The third-order valence-electron chi connectivity index (χ3n) is 3.83. The smallest absolute Gasteiger partial charge is 0.0270 e. The van der Waals surface area contributed by atoms with Gasteiger partial charge in [0.05, 0.1) is 0 Å². The van der Waals surface area contributed by atoms with Crippen molar-refractivity contribution in [1.29, 1.82) is 0 Å². The molecule has 2 nitrogen and oxygen atoms in total. The summed E-state index contributed by atoms with van der Waals surface area (Å²) >= 11 is 0. The molecule has 2 unspecified atom stereocenters. The topological polar surface area (TPSA) is 24.9 Å². The quantitative estimate of drug-likeness (QED) is 0.840. The Hall–Kier alpha value is -0.890. The fraction of sp³-hybridized carbons (Fsp3) is 0.643. The lowest BCUT2D eigenvalue weighted by Gasteiger charge is -2.31. The van der Waals surface area contributed by atoms with E-state index in [1.807, 2.05) is 12.4 Å². The molecular formula is C14H22N2. The second kappa shape index (κ2) is 6.00. The van der Waals surface area contributed by atoms with Gasteiger partial charge in [0.2, 0.25) is 0 Å². The lowest BCUT2D eigenvalue weighted by atomic mass is 9.81. The van der Waals surface area contributed by atoms with Crippen LogP contribution in [-0.4, -0.2) is 18.1 Å². The maximum atomic E-state index is 4.06. The van der Waals surface area contributed by atoms with Gasteiger partial charge in [0.15, 0.2) is 0 Å². The summed E-state index contributed by atoms with van der Waals surface area (Å²) in [4.78, 5) is 4.06. The average molecular weight is 218 g/mol. The van der Waals surface area contributed by atoms with Crippen molar-refractivity contribution in [3.63, 3.8) is 0 Å². The Morgan fingerprint density at radius 1 is 1.25 bits per heavy atom. The van der Waals surface area contributed by atoms with E-state index in [1.165, 1.54) is 44.1 Å². The maximum Gasteiger partial charge on any atom is 0.0270 e. The number of pyridine rings is 1. The summed E-state index contributed by atoms with van der Waals surface area (Å²) in [6.45, 7) is 0. The van der Waals surface area contributed by atoms with Gasteiger partial charge in [0.1, 0.15) is 0 Å². The predicted molar refractivity (Wildman–Crippen MR) is 67.4 cm³/mol. The van der Waals surface area contributed by atoms with Crippen LogP contribution in [0.15, 0.2) is 24.5 Å². The van der Waals surface area contributed by atoms with Crippen LogP contribution in [0.2, 0.25) is 0 Å². The molecule has 1 aromatic heterocycles. The Bertz CT molecular complexity index is 297. The third-order valence-corrected chi connectivity index (χ3v) is 3.83. The first-order valence-corrected chi connectivity index (χ1v) is 6.46. The molecule has 1 fully saturated rings. The van der Waals surface area contributed by atoms with E-state index in [0.717, 1.165) is 12.0 Å². The van der Waals surface area contributed by atoms with Crippen LogP contribution in [-0.2, 0) is 6.42 Å². The predicted octanol–water partition coefficient (Wildman–Crippen LogP) is 2.79. The van der Waals surface area contributed by atoms with Crippen LogP contribution in [0.5, 0.6) is 0 Å². The molecule has 0 saturated heterocycles. The first-order chi connectivity index (χ1) is 7.90. The van der Waals surface area contributed by atoms with E-state index >= 15 is 0 Å². The Labute approximate surface area is 98.5 Å². The van der Waals surface area contributed by atoms with Gasteiger partial charge in [0.25, 0.3) is 0 Å². The van der Waals surface area contributed by atoms with Gasteiger partial charge in [0, 0.05) is 18.4 Å². The van der Waals surface area contributed by atoms with Gasteiger partial charge in [-0.25, -0.2) is 0 Å². The first-order valence-electron chi connectivity index (χ1n) is 6.46. The maximum absolute atomic E-state index is 4.06. The summed E-state index contributed by atoms with van der Waals surface area (Å²) < 4.78 is 0. The van der Waals surface area contributed by atoms with E-state index in [9.17, 15) is 0 Å². The number of aromatic nitrogens is 1. The molecule has 2 atom stereocenters. The highest BCUT2D eigenvalue weighted by Gasteiger charge is 2.22. The molecule has 1 aliphatic rings. The van der Waals surface area contributed by atoms with Crippen LogP contribution in [0.3, 0.4) is 0 Å². The van der Waals surface area contributed by atoms with E-state index in [1.54, 1.807) is 0 Å². The minimum absolute atomic E-state index is 0.746. The van der Waals surface area contributed by atoms with Gasteiger partial charge >= 0.3 is 0 Å². The Morgan fingerprint density at radius 2 is 2.00 bits per heavy atom. The second-order valence-corrected chi connectivity index (χ2v) is 4.83. The molecule has 1 heterocycles. The Kier molecular flexibility index (Phi) is 4.34. The molecule has 1 saturated carbocycles. The van der Waals surface area contributed by atoms with Crippen molar-refractivity contribution in [2.24, 2.45) is 5.92 Å². The summed E-state index contributed by atoms with van der Waals surface area (Å²) in [5, 5.41) is 3.48. The lowest BCUT2D eigenvalue weighted by molar-refractivity contribution is 0.260. The second-order valence-electron chi connectivity index (χ2n) is 4.83. The number of nitrogens with one attached hydrogen (secondary N) is 1. The number of aryl methyl sites for hydroxylation is 1. The molecule has 16 heavy (non-hydrogen) atoms. The normalized spacial score (nSPS) is 25.6. The van der Waals surface area contributed by atoms with Crippen molar-refractivity contribution in [3.05, 3.63) is 30.1 Å². The lowest BCUT2D eigenvalue weighted by Crippen LogP contribution is -2.36. The van der Waals surface area contributed by atoms with Crippen molar-refractivity contribution in [2.45, 2.75) is 44.6 Å². The van der Waals surface area contributed by atoms with Crippen LogP contribution in [0.25, 0.3) is 0 Å². The first kappa shape index (κ1) is 11.6. The minimum atomic E-state index is 0.746. The molecule has 2 heteroatoms. The highest BCUT2D eigenvalue weighted by Crippen LogP contribution is 2.27. The van der Waals surface area contributed by atoms with Gasteiger partial charge < -0.3 is 5.32 Å². The zero-order valence-corrected chi connectivity index (χ0v) is 10.2. The van der Waals surface area contributed by atoms with Crippen LogP contribution in [0, 0.1) is 5.92 Å². The summed E-state index contributed by atoms with van der Waals surface area (Å²) in [5.74, 6) is 0.868. The molecule has 0 aliphatic heterocycles. The number of hydrogen-bond donors (Lipinski definition) is 1. The summed E-state index contributed by atoms with van der Waals surface area (Å²) in [5.41, 5.74) is 1.43. The molecule has 0 aromatic carbocycles. The molecule has 0 spiro atoms. The zero-order chi connectivity index (χ0) is 11.2. The van der Waals surface area contributed by atoms with Gasteiger partial charge in [-0.15, -0.1) is 0 Å². The van der Waals surface area contributed by atoms with Crippen molar-refractivity contribution >= 4 is 0 Å². The minimum Gasteiger partial charge on any atom is -0.317 e. The van der Waals surface area contributed by atoms with Crippen LogP contribution >= 0.6 is 0 Å². The molecule has 1 N–H and O–H groups in total. The highest BCUT2D eigenvalue weighted by atomic mass is 14.9. The van der Waals surface area contributed by atoms with E-state index in [4.69, 9.17) is 0 Å². The van der Waals surface area contributed by atoms with Gasteiger partial charge in [-0.1, -0.05) is 12.8 Å². The highest BCUT2D eigenvalue weighted by molar-refractivity contribution is 5.09. The van der Waals surface area contributed by atoms with Crippen molar-refractivity contribution in [3.8, 4) is 0 Å². The van der Waals surface area contributed by atoms with E-state index in [0.29, 0.717) is 0 Å². The van der Waals surface area contributed by atoms with Crippen molar-refractivity contribution < 1.29 is 0 Å². The molecule has 0 bridgehead atoms. The third kappa shape index (κ3) is 3.05. The molecular weight excluding hydrogens is 196 g/mol. The van der Waals surface area contributed by atoms with E-state index in [2.05, 4.69) is 29.5 Å². The molecule has 0 amide bonds. The zero-order valence-electron chi connectivity index (χ0n) is 10.2. The van der Waals surface area contributed by atoms with E-state index < -0.39 is 0 Å². The van der Waals surface area contributed by atoms with Crippen LogP contribution in [0.1, 0.15) is 37.7 Å². The fourth-order valence-electron chi connectivity index (χ4n) is 2.83. The molecule has 2 rings (SSSR count). The van der Waals surface area contributed by atoms with Crippen LogP contribution < -0.4 is 5.32 Å². The monoisotopic (exact) mass is 218 g/mol. The van der Waals surface area contributed by atoms with Gasteiger partial charge in [-0.05, 0) is 56.3 Å². The number of rotatable bonds is 4. The summed E-state index contributed by atoms with van der Waals surface area (Å²) in [6, 6.07) is 5.02. The molecule has 88 valence electrons. The van der Waals surface area contributed by atoms with Gasteiger partial charge in [-0.2, -0.15) is 0 Å². The summed E-state index contributed by atoms with van der Waals surface area (Å²) in [6.07, 6.45) is 11.9. The Morgan fingerprint density at radius 3 is 2.75 bits per heavy atom. The Balaban J connectivity index is 1.84. The summed E-state index contributed by atoms with van der Waals surface area (Å²) in [7, 11) is 2.11. The largest absolute Gasteiger partial charge is 0.317 e.